The van der Waals surface area contributed by atoms with E-state index >= 15 is 0 Å². The molecule has 10 nitrogen and oxygen atoms in total. The van der Waals surface area contributed by atoms with Crippen molar-refractivity contribution in [1.82, 2.24) is 15.0 Å². The molecule has 5 rings (SSSR count). The van der Waals surface area contributed by atoms with E-state index in [0.717, 1.165) is 16.9 Å². The number of non-ortho nitro benzene ring substituents is 1. The number of benzene rings is 3. The van der Waals surface area contributed by atoms with Crippen LogP contribution in [0, 0.1) is 10.1 Å². The molecular formula is C26H19N5O5S. The van der Waals surface area contributed by atoms with Gasteiger partial charge in [-0.05, 0) is 25.1 Å². The molecule has 0 aliphatic carbocycles. The standard InChI is InChI=1S/C26H19N5O5S/c1-15(24(32)30-26-29-22(14-37-26)17-8-5-9-19(12-17)31(34)35)36-25(33)18-10-11-20-21(13-18)28-23(27-20)16-6-3-2-4-7-16/h2-15H,1H3,(H,27,28)(H,29,30,32). The van der Waals surface area contributed by atoms with Gasteiger partial charge in [-0.25, -0.2) is 14.8 Å². The number of aromatic amines is 1. The average Bonchev–Trinajstić information content (AvgIpc) is 3.56. The highest BCUT2D eigenvalue weighted by Gasteiger charge is 2.21. The van der Waals surface area contributed by atoms with Crippen LogP contribution < -0.4 is 5.32 Å². The zero-order valence-corrected chi connectivity index (χ0v) is 20.2. The molecule has 0 radical (unpaired) electrons. The Bertz CT molecular complexity index is 1630. The molecule has 2 aromatic heterocycles. The normalized spacial score (nSPS) is 11.7. The van der Waals surface area contributed by atoms with E-state index in [-0.39, 0.29) is 16.4 Å². The number of ether oxygens (including phenoxy) is 1. The number of aromatic nitrogens is 3. The Morgan fingerprint density at radius 1 is 1.03 bits per heavy atom. The second-order valence-corrected chi connectivity index (χ2v) is 8.92. The Hall–Kier alpha value is -4.90. The van der Waals surface area contributed by atoms with E-state index in [1.807, 2.05) is 30.3 Å². The van der Waals surface area contributed by atoms with Gasteiger partial charge in [0.05, 0.1) is 27.2 Å². The summed E-state index contributed by atoms with van der Waals surface area (Å²) in [5.41, 5.74) is 3.54. The predicted octanol–water partition coefficient (Wildman–Crippen LogP) is 5.45. The fraction of sp³-hybridized carbons (Fsp3) is 0.0769. The van der Waals surface area contributed by atoms with E-state index in [2.05, 4.69) is 20.3 Å². The Balaban J connectivity index is 1.24. The fourth-order valence-electron chi connectivity index (χ4n) is 3.60. The lowest BCUT2D eigenvalue weighted by Gasteiger charge is -2.12. The lowest BCUT2D eigenvalue weighted by Crippen LogP contribution is -2.29. The monoisotopic (exact) mass is 513 g/mol. The van der Waals surface area contributed by atoms with Crippen LogP contribution in [-0.2, 0) is 9.53 Å². The van der Waals surface area contributed by atoms with Crippen LogP contribution in [0.3, 0.4) is 0 Å². The van der Waals surface area contributed by atoms with Gasteiger partial charge in [0.2, 0.25) is 0 Å². The number of hydrogen-bond donors (Lipinski definition) is 2. The number of anilines is 1. The highest BCUT2D eigenvalue weighted by molar-refractivity contribution is 7.14. The number of fused-ring (bicyclic) bond motifs is 1. The second kappa shape index (κ2) is 9.99. The Labute approximate surface area is 214 Å². The maximum absolute atomic E-state index is 12.7. The van der Waals surface area contributed by atoms with E-state index in [1.54, 1.807) is 35.7 Å². The van der Waals surface area contributed by atoms with Crippen LogP contribution in [-0.4, -0.2) is 37.9 Å². The highest BCUT2D eigenvalue weighted by Crippen LogP contribution is 2.28. The fourth-order valence-corrected chi connectivity index (χ4v) is 4.32. The van der Waals surface area contributed by atoms with Crippen LogP contribution >= 0.6 is 11.3 Å². The van der Waals surface area contributed by atoms with Crippen molar-refractivity contribution < 1.29 is 19.2 Å². The summed E-state index contributed by atoms with van der Waals surface area (Å²) in [6.07, 6.45) is -1.09. The van der Waals surface area contributed by atoms with Gasteiger partial charge in [0.25, 0.3) is 11.6 Å². The van der Waals surface area contributed by atoms with Crippen molar-refractivity contribution in [3.05, 3.63) is 93.9 Å². The van der Waals surface area contributed by atoms with Gasteiger partial charge >= 0.3 is 5.97 Å². The number of thiazole rings is 1. The summed E-state index contributed by atoms with van der Waals surface area (Å²) < 4.78 is 5.36. The number of hydrogen-bond acceptors (Lipinski definition) is 8. The molecule has 0 saturated heterocycles. The molecule has 184 valence electrons. The number of nitro groups is 1. The van der Waals surface area contributed by atoms with Gasteiger partial charge in [-0.2, -0.15) is 0 Å². The number of H-pyrrole nitrogens is 1. The third-order valence-electron chi connectivity index (χ3n) is 5.50. The SMILES string of the molecule is CC(OC(=O)c1ccc2nc(-c3ccccc3)[nH]c2c1)C(=O)Nc1nc(-c2cccc([N+](=O)[O-])c2)cs1. The minimum Gasteiger partial charge on any atom is -0.449 e. The van der Waals surface area contributed by atoms with E-state index < -0.39 is 22.9 Å². The summed E-state index contributed by atoms with van der Waals surface area (Å²) in [4.78, 5) is 47.9. The quantitative estimate of drug-likeness (QED) is 0.168. The number of nitrogens with one attached hydrogen (secondary N) is 2. The number of amides is 1. The molecule has 0 spiro atoms. The van der Waals surface area contributed by atoms with Crippen LogP contribution in [0.5, 0.6) is 0 Å². The number of rotatable bonds is 7. The topological polar surface area (TPSA) is 140 Å². The van der Waals surface area contributed by atoms with Crippen molar-refractivity contribution in [3.8, 4) is 22.6 Å². The first-order valence-corrected chi connectivity index (χ1v) is 12.0. The molecule has 0 fully saturated rings. The second-order valence-electron chi connectivity index (χ2n) is 8.07. The molecule has 2 heterocycles. The molecule has 37 heavy (non-hydrogen) atoms. The van der Waals surface area contributed by atoms with E-state index in [0.29, 0.717) is 28.1 Å². The molecule has 0 aliphatic heterocycles. The minimum atomic E-state index is -1.09. The molecular weight excluding hydrogens is 494 g/mol. The lowest BCUT2D eigenvalue weighted by molar-refractivity contribution is -0.384. The number of nitro benzene ring substituents is 1. The number of imidazole rings is 1. The van der Waals surface area contributed by atoms with E-state index in [1.165, 1.54) is 19.1 Å². The first-order chi connectivity index (χ1) is 17.9. The van der Waals surface area contributed by atoms with Gasteiger partial charge in [-0.1, -0.05) is 42.5 Å². The molecule has 2 N–H and O–H groups in total. The molecule has 1 unspecified atom stereocenters. The van der Waals surface area contributed by atoms with Crippen molar-refractivity contribution in [3.63, 3.8) is 0 Å². The number of carbonyl (C=O) groups excluding carboxylic acids is 2. The van der Waals surface area contributed by atoms with Crippen LogP contribution in [0.1, 0.15) is 17.3 Å². The Kier molecular flexibility index (Phi) is 6.43. The van der Waals surface area contributed by atoms with Crippen molar-refractivity contribution in [2.75, 3.05) is 5.32 Å². The molecule has 1 amide bonds. The smallest absolute Gasteiger partial charge is 0.338 e. The first kappa shape index (κ1) is 23.8. The van der Waals surface area contributed by atoms with Crippen molar-refractivity contribution in [2.24, 2.45) is 0 Å². The molecule has 3 aromatic carbocycles. The average molecular weight is 514 g/mol. The molecule has 11 heteroatoms. The Morgan fingerprint density at radius 3 is 2.59 bits per heavy atom. The number of nitrogens with zero attached hydrogens (tertiary/aromatic N) is 3. The van der Waals surface area contributed by atoms with Crippen LogP contribution in [0.25, 0.3) is 33.7 Å². The molecule has 0 saturated carbocycles. The molecule has 0 bridgehead atoms. The minimum absolute atomic E-state index is 0.0544. The van der Waals surface area contributed by atoms with E-state index in [4.69, 9.17) is 4.74 Å². The number of esters is 1. The summed E-state index contributed by atoms with van der Waals surface area (Å²) in [6.45, 7) is 1.46. The summed E-state index contributed by atoms with van der Waals surface area (Å²) in [5.74, 6) is -0.527. The van der Waals surface area contributed by atoms with Gasteiger partial charge in [0, 0.05) is 28.6 Å². The first-order valence-electron chi connectivity index (χ1n) is 11.1. The van der Waals surface area contributed by atoms with Gasteiger partial charge < -0.3 is 9.72 Å². The largest absolute Gasteiger partial charge is 0.449 e. The van der Waals surface area contributed by atoms with Gasteiger partial charge in [0.1, 0.15) is 5.82 Å². The summed E-state index contributed by atoms with van der Waals surface area (Å²) in [7, 11) is 0. The van der Waals surface area contributed by atoms with Gasteiger partial charge in [-0.3, -0.25) is 20.2 Å². The zero-order chi connectivity index (χ0) is 25.9. The van der Waals surface area contributed by atoms with Gasteiger partial charge in [0.15, 0.2) is 11.2 Å². The third-order valence-corrected chi connectivity index (χ3v) is 6.26. The van der Waals surface area contributed by atoms with Crippen LogP contribution in [0.4, 0.5) is 10.8 Å². The molecule has 5 aromatic rings. The number of carbonyl (C=O) groups is 2. The maximum atomic E-state index is 12.7. The summed E-state index contributed by atoms with van der Waals surface area (Å²) >= 11 is 1.16. The zero-order valence-electron chi connectivity index (χ0n) is 19.4. The van der Waals surface area contributed by atoms with Crippen LogP contribution in [0.15, 0.2) is 78.2 Å². The van der Waals surface area contributed by atoms with Gasteiger partial charge in [-0.15, -0.1) is 11.3 Å². The summed E-state index contributed by atoms with van der Waals surface area (Å²) in [5, 5.41) is 15.6. The lowest BCUT2D eigenvalue weighted by atomic mass is 10.1. The predicted molar refractivity (Wildman–Crippen MR) is 139 cm³/mol. The van der Waals surface area contributed by atoms with E-state index in [9.17, 15) is 19.7 Å². The van der Waals surface area contributed by atoms with Crippen molar-refractivity contribution in [1.29, 1.82) is 0 Å². The van der Waals surface area contributed by atoms with Crippen molar-refractivity contribution in [2.45, 2.75) is 13.0 Å². The summed E-state index contributed by atoms with van der Waals surface area (Å²) in [6, 6.07) is 20.6. The maximum Gasteiger partial charge on any atom is 0.338 e. The molecule has 0 aliphatic rings. The van der Waals surface area contributed by atoms with Crippen LogP contribution in [0.2, 0.25) is 0 Å². The molecule has 1 atom stereocenters. The Morgan fingerprint density at radius 2 is 1.81 bits per heavy atom. The third kappa shape index (κ3) is 5.21. The highest BCUT2D eigenvalue weighted by atomic mass is 32.1. The van der Waals surface area contributed by atoms with Crippen molar-refractivity contribution >= 4 is 45.1 Å².